The Morgan fingerprint density at radius 2 is 2.16 bits per heavy atom. The van der Waals surface area contributed by atoms with Gasteiger partial charge in [-0.05, 0) is 19.1 Å². The van der Waals surface area contributed by atoms with Crippen LogP contribution in [0.3, 0.4) is 0 Å². The summed E-state index contributed by atoms with van der Waals surface area (Å²) in [5, 5.41) is 3.90. The number of carbonyl (C=O) groups is 1. The Hall–Kier alpha value is -2.57. The van der Waals surface area contributed by atoms with Crippen molar-refractivity contribution in [3.63, 3.8) is 0 Å². The Morgan fingerprint density at radius 1 is 1.42 bits per heavy atom. The molecule has 0 bridgehead atoms. The zero-order valence-electron chi connectivity index (χ0n) is 10.5. The van der Waals surface area contributed by atoms with E-state index in [1.807, 2.05) is 0 Å². The Labute approximate surface area is 108 Å². The molecule has 100 valence electrons. The number of rotatable bonds is 4. The third kappa shape index (κ3) is 2.49. The predicted octanol–water partition coefficient (Wildman–Crippen LogP) is 0.746. The normalized spacial score (nSPS) is 10.2. The summed E-state index contributed by atoms with van der Waals surface area (Å²) in [6, 6.07) is 6.87. The van der Waals surface area contributed by atoms with Gasteiger partial charge in [0, 0.05) is 0 Å². The van der Waals surface area contributed by atoms with Crippen LogP contribution >= 0.6 is 0 Å². The molecule has 0 saturated carbocycles. The second kappa shape index (κ2) is 5.38. The number of carbonyl (C=O) groups excluding carboxylic acids is 1. The monoisotopic (exact) mass is 263 g/mol. The second-order valence-electron chi connectivity index (χ2n) is 3.58. The van der Waals surface area contributed by atoms with Gasteiger partial charge in [-0.25, -0.2) is 9.59 Å². The molecule has 7 nitrogen and oxygen atoms in total. The van der Waals surface area contributed by atoms with Crippen LogP contribution in [0.2, 0.25) is 0 Å². The zero-order valence-corrected chi connectivity index (χ0v) is 10.5. The SMILES string of the molecule is CCOC(=O)c1nn(-c2ccccc2OC)c(=O)[nH]1. The number of aromatic amines is 1. The van der Waals surface area contributed by atoms with Crippen molar-refractivity contribution >= 4 is 5.97 Å². The summed E-state index contributed by atoms with van der Waals surface area (Å²) in [6.45, 7) is 1.88. The second-order valence-corrected chi connectivity index (χ2v) is 3.58. The molecule has 0 unspecified atom stereocenters. The molecule has 1 N–H and O–H groups in total. The molecule has 0 saturated heterocycles. The van der Waals surface area contributed by atoms with Crippen LogP contribution in [-0.4, -0.2) is 34.5 Å². The summed E-state index contributed by atoms with van der Waals surface area (Å²) in [6.07, 6.45) is 0. The fraction of sp³-hybridized carbons (Fsp3) is 0.250. The number of H-pyrrole nitrogens is 1. The highest BCUT2D eigenvalue weighted by Crippen LogP contribution is 2.19. The van der Waals surface area contributed by atoms with E-state index < -0.39 is 11.7 Å². The maximum Gasteiger partial charge on any atom is 0.376 e. The molecule has 0 radical (unpaired) electrons. The predicted molar refractivity (Wildman–Crippen MR) is 66.7 cm³/mol. The summed E-state index contributed by atoms with van der Waals surface area (Å²) in [7, 11) is 1.49. The first-order valence-corrected chi connectivity index (χ1v) is 5.67. The number of benzene rings is 1. The Balaban J connectivity index is 2.46. The largest absolute Gasteiger partial charge is 0.494 e. The van der Waals surface area contributed by atoms with Crippen molar-refractivity contribution in [2.75, 3.05) is 13.7 Å². The number of nitrogens with one attached hydrogen (secondary N) is 1. The molecule has 1 heterocycles. The van der Waals surface area contributed by atoms with E-state index in [-0.39, 0.29) is 12.4 Å². The first-order chi connectivity index (χ1) is 9.17. The summed E-state index contributed by atoms with van der Waals surface area (Å²) < 4.78 is 11.0. The highest BCUT2D eigenvalue weighted by molar-refractivity contribution is 5.84. The average molecular weight is 263 g/mol. The van der Waals surface area contributed by atoms with Gasteiger partial charge in [0.15, 0.2) is 0 Å². The third-order valence-corrected chi connectivity index (χ3v) is 2.40. The van der Waals surface area contributed by atoms with Crippen LogP contribution in [0.25, 0.3) is 5.69 Å². The summed E-state index contributed by atoms with van der Waals surface area (Å²) in [5.41, 5.74) is -0.0886. The van der Waals surface area contributed by atoms with Gasteiger partial charge in [-0.15, -0.1) is 5.10 Å². The molecule has 19 heavy (non-hydrogen) atoms. The van der Waals surface area contributed by atoms with Crippen LogP contribution < -0.4 is 10.4 Å². The van der Waals surface area contributed by atoms with Gasteiger partial charge in [0.2, 0.25) is 5.82 Å². The highest BCUT2D eigenvalue weighted by atomic mass is 16.5. The first-order valence-electron chi connectivity index (χ1n) is 5.67. The maximum absolute atomic E-state index is 11.8. The number of methoxy groups -OCH3 is 1. The van der Waals surface area contributed by atoms with Crippen LogP contribution in [0, 0.1) is 0 Å². The van der Waals surface area contributed by atoms with E-state index in [0.717, 1.165) is 4.68 Å². The molecule has 0 aliphatic heterocycles. The van der Waals surface area contributed by atoms with E-state index in [1.165, 1.54) is 7.11 Å². The standard InChI is InChI=1S/C12H13N3O4/c1-3-19-11(16)10-13-12(17)15(14-10)8-6-4-5-7-9(8)18-2/h4-7H,3H2,1-2H3,(H,13,14,17). The van der Waals surface area contributed by atoms with E-state index in [4.69, 9.17) is 9.47 Å². The lowest BCUT2D eigenvalue weighted by Gasteiger charge is -2.05. The number of hydrogen-bond donors (Lipinski definition) is 1. The van der Waals surface area contributed by atoms with Gasteiger partial charge < -0.3 is 9.47 Å². The van der Waals surface area contributed by atoms with Gasteiger partial charge in [0.05, 0.1) is 13.7 Å². The molecule has 7 heteroatoms. The lowest BCUT2D eigenvalue weighted by atomic mass is 10.3. The lowest BCUT2D eigenvalue weighted by molar-refractivity contribution is 0.0512. The van der Waals surface area contributed by atoms with Gasteiger partial charge in [0.25, 0.3) is 0 Å². The summed E-state index contributed by atoms with van der Waals surface area (Å²) in [4.78, 5) is 25.6. The fourth-order valence-corrected chi connectivity index (χ4v) is 1.58. The van der Waals surface area contributed by atoms with E-state index in [1.54, 1.807) is 31.2 Å². The van der Waals surface area contributed by atoms with Crippen LogP contribution in [0.1, 0.15) is 17.5 Å². The Bertz CT molecular complexity index is 644. The van der Waals surface area contributed by atoms with Crippen molar-refractivity contribution in [2.45, 2.75) is 6.92 Å². The van der Waals surface area contributed by atoms with Crippen LogP contribution in [0.5, 0.6) is 5.75 Å². The van der Waals surface area contributed by atoms with Crippen molar-refractivity contribution < 1.29 is 14.3 Å². The number of esters is 1. The molecule has 0 fully saturated rings. The first kappa shape index (κ1) is 12.9. The average Bonchev–Trinajstić information content (AvgIpc) is 2.81. The van der Waals surface area contributed by atoms with Crippen molar-refractivity contribution in [3.8, 4) is 11.4 Å². The van der Waals surface area contributed by atoms with Crippen molar-refractivity contribution in [1.82, 2.24) is 14.8 Å². The number of aromatic nitrogens is 3. The van der Waals surface area contributed by atoms with Gasteiger partial charge in [-0.1, -0.05) is 12.1 Å². The molecule has 0 amide bonds. The smallest absolute Gasteiger partial charge is 0.376 e. The van der Waals surface area contributed by atoms with Gasteiger partial charge in [-0.2, -0.15) is 4.68 Å². The molecular weight excluding hydrogens is 250 g/mol. The molecule has 1 aromatic carbocycles. The minimum atomic E-state index is -0.673. The van der Waals surface area contributed by atoms with Crippen molar-refractivity contribution in [1.29, 1.82) is 0 Å². The fourth-order valence-electron chi connectivity index (χ4n) is 1.58. The number of ether oxygens (including phenoxy) is 2. The Morgan fingerprint density at radius 3 is 2.84 bits per heavy atom. The number of nitrogens with zero attached hydrogens (tertiary/aromatic N) is 2. The molecule has 0 aliphatic carbocycles. The molecule has 2 rings (SSSR count). The molecule has 1 aromatic heterocycles. The maximum atomic E-state index is 11.8. The summed E-state index contributed by atoms with van der Waals surface area (Å²) >= 11 is 0. The van der Waals surface area contributed by atoms with Crippen LogP contribution in [-0.2, 0) is 4.74 Å². The van der Waals surface area contributed by atoms with E-state index >= 15 is 0 Å². The van der Waals surface area contributed by atoms with Gasteiger partial charge >= 0.3 is 11.7 Å². The van der Waals surface area contributed by atoms with Gasteiger partial charge in [0.1, 0.15) is 11.4 Å². The molecular formula is C12H13N3O4. The van der Waals surface area contributed by atoms with Gasteiger partial charge in [-0.3, -0.25) is 4.98 Å². The van der Waals surface area contributed by atoms with Crippen molar-refractivity contribution in [3.05, 3.63) is 40.6 Å². The quantitative estimate of drug-likeness (QED) is 0.822. The molecule has 0 aliphatic rings. The highest BCUT2D eigenvalue weighted by Gasteiger charge is 2.16. The van der Waals surface area contributed by atoms with Crippen LogP contribution in [0.15, 0.2) is 29.1 Å². The molecule has 0 spiro atoms. The minimum absolute atomic E-state index is 0.141. The number of hydrogen-bond acceptors (Lipinski definition) is 5. The summed E-state index contributed by atoms with van der Waals surface area (Å²) in [5.74, 6) is -0.336. The van der Waals surface area contributed by atoms with E-state index in [0.29, 0.717) is 11.4 Å². The third-order valence-electron chi connectivity index (χ3n) is 2.40. The minimum Gasteiger partial charge on any atom is -0.494 e. The lowest BCUT2D eigenvalue weighted by Crippen LogP contribution is -2.16. The van der Waals surface area contributed by atoms with Crippen LogP contribution in [0.4, 0.5) is 0 Å². The Kier molecular flexibility index (Phi) is 3.65. The zero-order chi connectivity index (χ0) is 13.8. The topological polar surface area (TPSA) is 86.2 Å². The van der Waals surface area contributed by atoms with E-state index in [9.17, 15) is 9.59 Å². The molecule has 0 atom stereocenters. The van der Waals surface area contributed by atoms with Crippen molar-refractivity contribution in [2.24, 2.45) is 0 Å². The molecule has 2 aromatic rings. The number of para-hydroxylation sites is 2. The van der Waals surface area contributed by atoms with E-state index in [2.05, 4.69) is 10.1 Å².